The molecule has 0 bridgehead atoms. The predicted molar refractivity (Wildman–Crippen MR) is 71.8 cm³/mol. The highest BCUT2D eigenvalue weighted by molar-refractivity contribution is 7.13. The zero-order chi connectivity index (χ0) is 13.1. The van der Waals surface area contributed by atoms with E-state index in [0.717, 1.165) is 10.4 Å². The summed E-state index contributed by atoms with van der Waals surface area (Å²) in [6, 6.07) is 8.86. The Morgan fingerprint density at radius 2 is 2.17 bits per heavy atom. The number of ether oxygens (including phenoxy) is 1. The van der Waals surface area contributed by atoms with Crippen LogP contribution in [0.1, 0.15) is 20.1 Å². The fraction of sp³-hybridized carbons (Fsp3) is 0.154. The van der Waals surface area contributed by atoms with Crippen LogP contribution < -0.4 is 4.74 Å². The van der Waals surface area contributed by atoms with Gasteiger partial charge in [-0.1, -0.05) is 23.7 Å². The van der Waals surface area contributed by atoms with E-state index in [2.05, 4.69) is 0 Å². The first-order valence-corrected chi connectivity index (χ1v) is 6.47. The third-order valence-corrected chi connectivity index (χ3v) is 3.74. The molecule has 0 saturated carbocycles. The summed E-state index contributed by atoms with van der Waals surface area (Å²) in [5, 5.41) is 9.38. The fourth-order valence-electron chi connectivity index (χ4n) is 1.51. The summed E-state index contributed by atoms with van der Waals surface area (Å²) in [7, 11) is 0. The van der Waals surface area contributed by atoms with Crippen LogP contribution in [0.4, 0.5) is 0 Å². The van der Waals surface area contributed by atoms with Gasteiger partial charge in [-0.2, -0.15) is 0 Å². The van der Waals surface area contributed by atoms with Crippen molar-refractivity contribution in [1.82, 2.24) is 0 Å². The van der Waals surface area contributed by atoms with Gasteiger partial charge in [0.05, 0.1) is 5.02 Å². The molecule has 0 fully saturated rings. The van der Waals surface area contributed by atoms with Crippen molar-refractivity contribution < 1.29 is 14.6 Å². The van der Waals surface area contributed by atoms with Crippen molar-refractivity contribution in [2.24, 2.45) is 0 Å². The molecule has 5 heteroatoms. The molecule has 0 atom stereocenters. The summed E-state index contributed by atoms with van der Waals surface area (Å²) in [6.07, 6.45) is 0. The van der Waals surface area contributed by atoms with Crippen molar-refractivity contribution in [2.75, 3.05) is 0 Å². The first kappa shape index (κ1) is 12.9. The van der Waals surface area contributed by atoms with Crippen molar-refractivity contribution in [2.45, 2.75) is 13.5 Å². The average molecular weight is 283 g/mol. The Labute approximate surface area is 114 Å². The van der Waals surface area contributed by atoms with Crippen LogP contribution in [0.5, 0.6) is 5.75 Å². The number of benzene rings is 1. The molecular weight excluding hydrogens is 272 g/mol. The Hall–Kier alpha value is -1.52. The van der Waals surface area contributed by atoms with Crippen molar-refractivity contribution >= 4 is 28.9 Å². The molecule has 0 aliphatic heterocycles. The van der Waals surface area contributed by atoms with Crippen LogP contribution in [0.3, 0.4) is 0 Å². The van der Waals surface area contributed by atoms with Crippen LogP contribution in [0, 0.1) is 6.92 Å². The number of halogens is 1. The van der Waals surface area contributed by atoms with E-state index in [9.17, 15) is 4.79 Å². The maximum atomic E-state index is 10.7. The normalized spacial score (nSPS) is 10.3. The molecule has 0 spiro atoms. The lowest BCUT2D eigenvalue weighted by Gasteiger charge is -2.09. The molecule has 0 amide bonds. The number of carboxylic acid groups (broad SMARTS) is 1. The minimum Gasteiger partial charge on any atom is -0.486 e. The summed E-state index contributed by atoms with van der Waals surface area (Å²) in [6.45, 7) is 2.24. The second kappa shape index (κ2) is 5.42. The second-order valence-corrected chi connectivity index (χ2v) is 5.32. The largest absolute Gasteiger partial charge is 0.486 e. The van der Waals surface area contributed by atoms with E-state index < -0.39 is 5.97 Å². The van der Waals surface area contributed by atoms with Gasteiger partial charge in [-0.15, -0.1) is 11.3 Å². The topological polar surface area (TPSA) is 46.5 Å². The molecule has 3 nitrogen and oxygen atoms in total. The van der Waals surface area contributed by atoms with E-state index in [-0.39, 0.29) is 0 Å². The first-order chi connectivity index (χ1) is 8.58. The van der Waals surface area contributed by atoms with Gasteiger partial charge in [0.15, 0.2) is 0 Å². The Balaban J connectivity index is 2.09. The number of aromatic carboxylic acids is 1. The van der Waals surface area contributed by atoms with Gasteiger partial charge in [-0.05, 0) is 30.7 Å². The lowest BCUT2D eigenvalue weighted by Crippen LogP contribution is -1.95. The van der Waals surface area contributed by atoms with E-state index in [4.69, 9.17) is 21.4 Å². The number of carbonyl (C=O) groups is 1. The summed E-state index contributed by atoms with van der Waals surface area (Å²) < 4.78 is 5.63. The van der Waals surface area contributed by atoms with Crippen molar-refractivity contribution in [3.8, 4) is 5.75 Å². The molecule has 2 aromatic rings. The van der Waals surface area contributed by atoms with E-state index in [1.165, 1.54) is 11.3 Å². The van der Waals surface area contributed by atoms with Gasteiger partial charge in [-0.25, -0.2) is 4.79 Å². The quantitative estimate of drug-likeness (QED) is 0.922. The van der Waals surface area contributed by atoms with Crippen LogP contribution in [0.2, 0.25) is 5.02 Å². The summed E-state index contributed by atoms with van der Waals surface area (Å²) in [4.78, 5) is 11.9. The molecule has 1 heterocycles. The molecule has 0 unspecified atom stereocenters. The van der Waals surface area contributed by atoms with Gasteiger partial charge in [0.2, 0.25) is 0 Å². The van der Waals surface area contributed by atoms with Gasteiger partial charge in [0.1, 0.15) is 17.2 Å². The molecule has 0 aliphatic carbocycles. The highest BCUT2D eigenvalue weighted by Crippen LogP contribution is 2.29. The van der Waals surface area contributed by atoms with Crippen molar-refractivity contribution in [1.29, 1.82) is 0 Å². The van der Waals surface area contributed by atoms with E-state index in [1.54, 1.807) is 18.2 Å². The van der Waals surface area contributed by atoms with Gasteiger partial charge in [-0.3, -0.25) is 0 Å². The first-order valence-electron chi connectivity index (χ1n) is 5.28. The Bertz CT molecular complexity index is 557. The van der Waals surface area contributed by atoms with Crippen LogP contribution in [0.25, 0.3) is 0 Å². The summed E-state index contributed by atoms with van der Waals surface area (Å²) in [5.74, 6) is -0.274. The van der Waals surface area contributed by atoms with Gasteiger partial charge in [0, 0.05) is 4.88 Å². The Morgan fingerprint density at radius 3 is 2.78 bits per heavy atom. The maximum absolute atomic E-state index is 10.7. The molecule has 0 aliphatic rings. The number of carboxylic acids is 1. The minimum atomic E-state index is -0.917. The number of rotatable bonds is 4. The number of thiophene rings is 1. The monoisotopic (exact) mass is 282 g/mol. The molecular formula is C13H11ClO3S. The molecule has 2 rings (SSSR count). The highest BCUT2D eigenvalue weighted by Gasteiger charge is 2.09. The summed E-state index contributed by atoms with van der Waals surface area (Å²) >= 11 is 7.24. The molecule has 0 radical (unpaired) electrons. The molecule has 1 aromatic carbocycles. The SMILES string of the molecule is Cc1cccc(Cl)c1OCc1ccc(C(=O)O)s1. The number of hydrogen-bond acceptors (Lipinski definition) is 3. The zero-order valence-electron chi connectivity index (χ0n) is 9.64. The Kier molecular flexibility index (Phi) is 3.89. The molecule has 1 aromatic heterocycles. The Morgan fingerprint density at radius 1 is 1.39 bits per heavy atom. The van der Waals surface area contributed by atoms with Gasteiger partial charge < -0.3 is 9.84 Å². The number of hydrogen-bond donors (Lipinski definition) is 1. The predicted octanol–water partition coefficient (Wildman–Crippen LogP) is 3.99. The van der Waals surface area contributed by atoms with Crippen LogP contribution >= 0.6 is 22.9 Å². The van der Waals surface area contributed by atoms with E-state index >= 15 is 0 Å². The standard InChI is InChI=1S/C13H11ClO3S/c1-8-3-2-4-10(14)12(8)17-7-9-5-6-11(18-9)13(15)16/h2-6H,7H2,1H3,(H,15,16). The van der Waals surface area contributed by atoms with Crippen LogP contribution in [-0.4, -0.2) is 11.1 Å². The lowest BCUT2D eigenvalue weighted by atomic mass is 10.2. The number of aryl methyl sites for hydroxylation is 1. The second-order valence-electron chi connectivity index (χ2n) is 3.75. The molecule has 0 saturated heterocycles. The minimum absolute atomic E-state index is 0.310. The van der Waals surface area contributed by atoms with E-state index in [1.807, 2.05) is 19.1 Å². The molecule has 1 N–H and O–H groups in total. The summed E-state index contributed by atoms with van der Waals surface area (Å²) in [5.41, 5.74) is 0.956. The number of para-hydroxylation sites is 1. The fourth-order valence-corrected chi connectivity index (χ4v) is 2.55. The van der Waals surface area contributed by atoms with Crippen LogP contribution in [0.15, 0.2) is 30.3 Å². The third kappa shape index (κ3) is 2.83. The lowest BCUT2D eigenvalue weighted by molar-refractivity contribution is 0.0702. The van der Waals surface area contributed by atoms with Crippen molar-refractivity contribution in [3.63, 3.8) is 0 Å². The zero-order valence-corrected chi connectivity index (χ0v) is 11.2. The molecule has 94 valence electrons. The van der Waals surface area contributed by atoms with Gasteiger partial charge >= 0.3 is 5.97 Å². The van der Waals surface area contributed by atoms with Crippen LogP contribution in [-0.2, 0) is 6.61 Å². The average Bonchev–Trinajstić information content (AvgIpc) is 2.77. The highest BCUT2D eigenvalue weighted by atomic mass is 35.5. The maximum Gasteiger partial charge on any atom is 0.345 e. The van der Waals surface area contributed by atoms with Gasteiger partial charge in [0.25, 0.3) is 0 Å². The van der Waals surface area contributed by atoms with E-state index in [0.29, 0.717) is 22.3 Å². The smallest absolute Gasteiger partial charge is 0.345 e. The third-order valence-electron chi connectivity index (χ3n) is 2.40. The van der Waals surface area contributed by atoms with Crippen molar-refractivity contribution in [3.05, 3.63) is 50.7 Å². The molecule has 18 heavy (non-hydrogen) atoms.